The largest absolute Gasteiger partial charge is 0.206 e. The summed E-state index contributed by atoms with van der Waals surface area (Å²) in [7, 11) is 0. The molecule has 0 atom stereocenters. The summed E-state index contributed by atoms with van der Waals surface area (Å²) >= 11 is 9.07. The number of hydrogen-bond donors (Lipinski definition) is 0. The quantitative estimate of drug-likeness (QED) is 0.720. The predicted molar refractivity (Wildman–Crippen MR) is 62.3 cm³/mol. The molecule has 1 rings (SSSR count). The van der Waals surface area contributed by atoms with Crippen LogP contribution in [0.5, 0.6) is 0 Å². The Kier molecular flexibility index (Phi) is 3.96. The second-order valence-corrected chi connectivity index (χ2v) is 5.25. The Bertz CT molecular complexity index is 323. The molecular formula is C11H13BrClF. The molecule has 0 unspecified atom stereocenters. The minimum Gasteiger partial charge on any atom is -0.206 e. The first kappa shape index (κ1) is 12.0. The van der Waals surface area contributed by atoms with Crippen molar-refractivity contribution in [2.45, 2.75) is 20.3 Å². The second-order valence-electron chi connectivity index (χ2n) is 4.19. The van der Waals surface area contributed by atoms with Crippen LogP contribution in [0.15, 0.2) is 22.7 Å². The van der Waals surface area contributed by atoms with Gasteiger partial charge in [-0.2, -0.15) is 0 Å². The van der Waals surface area contributed by atoms with Gasteiger partial charge in [0.05, 0.1) is 4.47 Å². The molecule has 0 spiro atoms. The molecule has 1 aromatic rings. The molecule has 14 heavy (non-hydrogen) atoms. The number of rotatable bonds is 3. The summed E-state index contributed by atoms with van der Waals surface area (Å²) < 4.78 is 13.7. The molecule has 3 heteroatoms. The van der Waals surface area contributed by atoms with Crippen LogP contribution in [0.3, 0.4) is 0 Å². The molecule has 0 heterocycles. The summed E-state index contributed by atoms with van der Waals surface area (Å²) in [5.41, 5.74) is 0.966. The third-order valence-electron chi connectivity index (χ3n) is 2.06. The number of benzene rings is 1. The van der Waals surface area contributed by atoms with Crippen molar-refractivity contribution in [3.63, 3.8) is 0 Å². The van der Waals surface area contributed by atoms with E-state index in [9.17, 15) is 4.39 Å². The summed E-state index contributed by atoms with van der Waals surface area (Å²) in [5.74, 6) is 0.350. The molecular weight excluding hydrogens is 266 g/mol. The molecule has 0 amide bonds. The van der Waals surface area contributed by atoms with Crippen molar-refractivity contribution in [1.29, 1.82) is 0 Å². The standard InChI is InChI=1S/C11H13BrClF/c1-11(2,7-13)6-8-4-3-5-9(14)10(8)12/h3-5H,6-7H2,1-2H3. The van der Waals surface area contributed by atoms with Crippen LogP contribution in [-0.4, -0.2) is 5.88 Å². The zero-order valence-electron chi connectivity index (χ0n) is 8.28. The lowest BCUT2D eigenvalue weighted by atomic mass is 9.88. The van der Waals surface area contributed by atoms with Crippen LogP contribution in [0.2, 0.25) is 0 Å². The molecule has 0 saturated carbocycles. The van der Waals surface area contributed by atoms with E-state index in [2.05, 4.69) is 29.8 Å². The Hall–Kier alpha value is -0.0800. The SMILES string of the molecule is CC(C)(CCl)Cc1cccc(F)c1Br. The lowest BCUT2D eigenvalue weighted by molar-refractivity contribution is 0.416. The molecule has 0 aliphatic carbocycles. The van der Waals surface area contributed by atoms with Gasteiger partial charge in [-0.15, -0.1) is 11.6 Å². The van der Waals surface area contributed by atoms with Gasteiger partial charge in [-0.05, 0) is 39.4 Å². The van der Waals surface area contributed by atoms with E-state index in [1.807, 2.05) is 6.07 Å². The second kappa shape index (κ2) is 4.63. The van der Waals surface area contributed by atoms with Gasteiger partial charge in [0.15, 0.2) is 0 Å². The van der Waals surface area contributed by atoms with Crippen LogP contribution in [0, 0.1) is 11.2 Å². The van der Waals surface area contributed by atoms with Gasteiger partial charge in [0.1, 0.15) is 5.82 Å². The van der Waals surface area contributed by atoms with Crippen LogP contribution in [0.25, 0.3) is 0 Å². The third kappa shape index (κ3) is 2.96. The molecule has 0 fully saturated rings. The number of hydrogen-bond acceptors (Lipinski definition) is 0. The van der Waals surface area contributed by atoms with Crippen LogP contribution in [0.4, 0.5) is 4.39 Å². The molecule has 0 N–H and O–H groups in total. The minimum atomic E-state index is -0.215. The van der Waals surface area contributed by atoms with E-state index in [1.165, 1.54) is 6.07 Å². The first-order valence-corrected chi connectivity index (χ1v) is 5.78. The fourth-order valence-corrected chi connectivity index (χ4v) is 1.75. The summed E-state index contributed by atoms with van der Waals surface area (Å²) in [4.78, 5) is 0. The van der Waals surface area contributed by atoms with Gasteiger partial charge in [0.2, 0.25) is 0 Å². The molecule has 0 aliphatic heterocycles. The highest BCUT2D eigenvalue weighted by Gasteiger charge is 2.19. The molecule has 78 valence electrons. The molecule has 0 nitrogen and oxygen atoms in total. The molecule has 0 saturated heterocycles. The molecule has 1 aromatic carbocycles. The van der Waals surface area contributed by atoms with E-state index >= 15 is 0 Å². The monoisotopic (exact) mass is 278 g/mol. The van der Waals surface area contributed by atoms with E-state index in [-0.39, 0.29) is 11.2 Å². The van der Waals surface area contributed by atoms with Gasteiger partial charge in [-0.1, -0.05) is 26.0 Å². The molecule has 0 radical (unpaired) electrons. The Labute approximate surface area is 97.6 Å². The smallest absolute Gasteiger partial charge is 0.137 e. The Morgan fingerprint density at radius 1 is 1.43 bits per heavy atom. The first-order chi connectivity index (χ1) is 6.46. The minimum absolute atomic E-state index is 0.00211. The maximum atomic E-state index is 13.2. The van der Waals surface area contributed by atoms with Crippen LogP contribution < -0.4 is 0 Å². The molecule has 0 bridgehead atoms. The van der Waals surface area contributed by atoms with Crippen LogP contribution >= 0.6 is 27.5 Å². The summed E-state index contributed by atoms with van der Waals surface area (Å²) in [6, 6.07) is 5.09. The van der Waals surface area contributed by atoms with Crippen molar-refractivity contribution in [2.75, 3.05) is 5.88 Å². The average Bonchev–Trinajstić information content (AvgIpc) is 2.13. The van der Waals surface area contributed by atoms with Crippen molar-refractivity contribution in [3.05, 3.63) is 34.1 Å². The lowest BCUT2D eigenvalue weighted by Gasteiger charge is -2.22. The normalized spacial score (nSPS) is 11.8. The van der Waals surface area contributed by atoms with Crippen LogP contribution in [0.1, 0.15) is 19.4 Å². The van der Waals surface area contributed by atoms with Gasteiger partial charge in [0.25, 0.3) is 0 Å². The van der Waals surface area contributed by atoms with Crippen LogP contribution in [-0.2, 0) is 6.42 Å². The highest BCUT2D eigenvalue weighted by atomic mass is 79.9. The maximum Gasteiger partial charge on any atom is 0.137 e. The number of halogens is 3. The maximum absolute atomic E-state index is 13.2. The highest BCUT2D eigenvalue weighted by molar-refractivity contribution is 9.10. The van der Waals surface area contributed by atoms with E-state index in [4.69, 9.17) is 11.6 Å². The lowest BCUT2D eigenvalue weighted by Crippen LogP contribution is -2.17. The number of alkyl halides is 1. The van der Waals surface area contributed by atoms with Crippen molar-refractivity contribution >= 4 is 27.5 Å². The van der Waals surface area contributed by atoms with Crippen molar-refractivity contribution in [1.82, 2.24) is 0 Å². The highest BCUT2D eigenvalue weighted by Crippen LogP contribution is 2.29. The fraction of sp³-hybridized carbons (Fsp3) is 0.455. The molecule has 0 aliphatic rings. The van der Waals surface area contributed by atoms with Gasteiger partial charge >= 0.3 is 0 Å². The van der Waals surface area contributed by atoms with Gasteiger partial charge in [0, 0.05) is 5.88 Å². The third-order valence-corrected chi connectivity index (χ3v) is 3.67. The molecule has 0 aromatic heterocycles. The predicted octanol–water partition coefficient (Wildman–Crippen LogP) is 4.40. The van der Waals surface area contributed by atoms with Gasteiger partial charge < -0.3 is 0 Å². The Morgan fingerprint density at radius 2 is 2.07 bits per heavy atom. The van der Waals surface area contributed by atoms with Crippen molar-refractivity contribution in [2.24, 2.45) is 5.41 Å². The first-order valence-electron chi connectivity index (χ1n) is 4.45. The van der Waals surface area contributed by atoms with E-state index in [1.54, 1.807) is 6.07 Å². The average molecular weight is 280 g/mol. The zero-order valence-corrected chi connectivity index (χ0v) is 10.6. The zero-order chi connectivity index (χ0) is 10.8. The van der Waals surface area contributed by atoms with E-state index in [0.29, 0.717) is 10.4 Å². The summed E-state index contributed by atoms with van der Waals surface area (Å²) in [6.07, 6.45) is 0.773. The Balaban J connectivity index is 2.92. The Morgan fingerprint density at radius 3 is 2.64 bits per heavy atom. The van der Waals surface area contributed by atoms with Crippen molar-refractivity contribution < 1.29 is 4.39 Å². The van der Waals surface area contributed by atoms with Gasteiger partial charge in [-0.25, -0.2) is 4.39 Å². The van der Waals surface area contributed by atoms with E-state index in [0.717, 1.165) is 12.0 Å². The van der Waals surface area contributed by atoms with E-state index < -0.39 is 0 Å². The summed E-state index contributed by atoms with van der Waals surface area (Å²) in [5, 5.41) is 0. The summed E-state index contributed by atoms with van der Waals surface area (Å²) in [6.45, 7) is 4.13. The van der Waals surface area contributed by atoms with Gasteiger partial charge in [-0.3, -0.25) is 0 Å². The van der Waals surface area contributed by atoms with Crippen molar-refractivity contribution in [3.8, 4) is 0 Å². The topological polar surface area (TPSA) is 0 Å². The fourth-order valence-electron chi connectivity index (χ4n) is 1.25.